The van der Waals surface area contributed by atoms with Crippen molar-refractivity contribution in [3.63, 3.8) is 0 Å². The molecule has 0 radical (unpaired) electrons. The van der Waals surface area contributed by atoms with Gasteiger partial charge in [-0.25, -0.2) is 4.79 Å². The molecule has 0 amide bonds. The first-order valence-corrected chi connectivity index (χ1v) is 9.59. The van der Waals surface area contributed by atoms with Crippen LogP contribution < -0.4 is 0 Å². The van der Waals surface area contributed by atoms with Gasteiger partial charge in [0, 0.05) is 0 Å². The molecule has 0 spiro atoms. The molecule has 0 aliphatic heterocycles. The zero-order valence-corrected chi connectivity index (χ0v) is 13.9. The summed E-state index contributed by atoms with van der Waals surface area (Å²) in [6.45, 7) is 1.74. The second-order valence-corrected chi connectivity index (χ2v) is 8.63. The third kappa shape index (κ3) is 2.98. The third-order valence-electron chi connectivity index (χ3n) is 5.48. The SMILES string of the molecule is CCCOC(=O)C(OC(=O)C12CC3CC(C1)C(C3)C2)S(=O)(=O)O. The second-order valence-electron chi connectivity index (χ2n) is 7.17. The number of hydrogen-bond donors (Lipinski definition) is 1. The number of carbonyl (C=O) groups is 2. The lowest BCUT2D eigenvalue weighted by molar-refractivity contribution is -0.171. The molecule has 3 unspecified atom stereocenters. The molecule has 0 aromatic rings. The van der Waals surface area contributed by atoms with Crippen LogP contribution in [0.15, 0.2) is 0 Å². The highest BCUT2D eigenvalue weighted by molar-refractivity contribution is 7.87. The maximum atomic E-state index is 12.6. The van der Waals surface area contributed by atoms with E-state index in [1.807, 2.05) is 0 Å². The Labute approximate surface area is 135 Å². The Morgan fingerprint density at radius 1 is 1.22 bits per heavy atom. The number of ether oxygens (including phenoxy) is 2. The van der Waals surface area contributed by atoms with Gasteiger partial charge < -0.3 is 9.47 Å². The normalized spacial score (nSPS) is 36.0. The molecule has 0 aromatic heterocycles. The van der Waals surface area contributed by atoms with Gasteiger partial charge in [0.25, 0.3) is 0 Å². The van der Waals surface area contributed by atoms with Crippen molar-refractivity contribution in [1.29, 1.82) is 0 Å². The van der Waals surface area contributed by atoms with Crippen LogP contribution in [0.2, 0.25) is 0 Å². The van der Waals surface area contributed by atoms with Gasteiger partial charge in [0.1, 0.15) is 0 Å². The van der Waals surface area contributed by atoms with E-state index in [1.165, 1.54) is 0 Å². The quantitative estimate of drug-likeness (QED) is 0.574. The lowest BCUT2D eigenvalue weighted by Gasteiger charge is -2.36. The minimum Gasteiger partial charge on any atom is -0.462 e. The first kappa shape index (κ1) is 16.7. The number of esters is 2. The van der Waals surface area contributed by atoms with Crippen LogP contribution in [0.1, 0.15) is 45.4 Å². The molecule has 3 atom stereocenters. The second kappa shape index (κ2) is 5.73. The molecule has 0 heterocycles. The molecule has 1 N–H and O–H groups in total. The summed E-state index contributed by atoms with van der Waals surface area (Å²) >= 11 is 0. The van der Waals surface area contributed by atoms with Crippen molar-refractivity contribution in [2.75, 3.05) is 6.61 Å². The van der Waals surface area contributed by atoms with Crippen LogP contribution in [-0.2, 0) is 29.2 Å². The van der Waals surface area contributed by atoms with Crippen LogP contribution in [0.25, 0.3) is 0 Å². The van der Waals surface area contributed by atoms with Crippen molar-refractivity contribution in [2.45, 2.75) is 50.9 Å². The maximum absolute atomic E-state index is 12.6. The summed E-state index contributed by atoms with van der Waals surface area (Å²) in [5.41, 5.74) is -2.97. The van der Waals surface area contributed by atoms with E-state index in [1.54, 1.807) is 6.92 Å². The Hall–Kier alpha value is -1.15. The van der Waals surface area contributed by atoms with Crippen LogP contribution in [-0.4, -0.2) is 37.0 Å². The van der Waals surface area contributed by atoms with Crippen molar-refractivity contribution in [1.82, 2.24) is 0 Å². The van der Waals surface area contributed by atoms with E-state index in [0.29, 0.717) is 43.4 Å². The van der Waals surface area contributed by atoms with Gasteiger partial charge in [-0.1, -0.05) is 6.92 Å². The Bertz CT molecular complexity index is 592. The predicted octanol–water partition coefficient (Wildman–Crippen LogP) is 1.52. The van der Waals surface area contributed by atoms with Gasteiger partial charge in [-0.3, -0.25) is 9.35 Å². The van der Waals surface area contributed by atoms with Crippen molar-refractivity contribution in [2.24, 2.45) is 23.2 Å². The standard InChI is InChI=1S/C15H22O7S/c1-2-3-21-12(16)13(23(18,19)20)22-14(17)15-6-9-4-10(7-15)11(5-9)8-15/h9-11,13H,2-8H2,1H3,(H,18,19,20). The number of hydrogen-bond acceptors (Lipinski definition) is 6. The average Bonchev–Trinajstić information content (AvgIpc) is 2.88. The van der Waals surface area contributed by atoms with Gasteiger partial charge in [-0.05, 0) is 56.3 Å². The molecule has 4 saturated carbocycles. The van der Waals surface area contributed by atoms with Crippen molar-refractivity contribution < 1.29 is 32.0 Å². The Balaban J connectivity index is 1.73. The van der Waals surface area contributed by atoms with Crippen LogP contribution in [0.5, 0.6) is 0 Å². The van der Waals surface area contributed by atoms with E-state index in [9.17, 15) is 22.6 Å². The highest BCUT2D eigenvalue weighted by Gasteiger charge is 2.60. The van der Waals surface area contributed by atoms with Crippen molar-refractivity contribution in [3.05, 3.63) is 0 Å². The predicted molar refractivity (Wildman–Crippen MR) is 78.7 cm³/mol. The van der Waals surface area contributed by atoms with Crippen LogP contribution in [0.4, 0.5) is 0 Å². The smallest absolute Gasteiger partial charge is 0.366 e. The van der Waals surface area contributed by atoms with Gasteiger partial charge in [0.2, 0.25) is 0 Å². The highest BCUT2D eigenvalue weighted by atomic mass is 32.2. The van der Waals surface area contributed by atoms with Gasteiger partial charge in [0.05, 0.1) is 12.0 Å². The Morgan fingerprint density at radius 3 is 2.30 bits per heavy atom. The molecule has 7 nitrogen and oxygen atoms in total. The topological polar surface area (TPSA) is 107 Å². The minimum absolute atomic E-state index is 0.000229. The fourth-order valence-electron chi connectivity index (χ4n) is 4.78. The summed E-state index contributed by atoms with van der Waals surface area (Å²) < 4.78 is 41.7. The summed E-state index contributed by atoms with van der Waals surface area (Å²) in [7, 11) is -4.87. The summed E-state index contributed by atoms with van der Waals surface area (Å²) in [5.74, 6) is -0.452. The molecule has 0 aromatic carbocycles. The van der Waals surface area contributed by atoms with Gasteiger partial charge in [0.15, 0.2) is 0 Å². The number of rotatable bonds is 6. The van der Waals surface area contributed by atoms with Gasteiger partial charge in [-0.2, -0.15) is 8.42 Å². The van der Waals surface area contributed by atoms with Crippen LogP contribution >= 0.6 is 0 Å². The molecule has 4 aliphatic carbocycles. The molecule has 23 heavy (non-hydrogen) atoms. The van der Waals surface area contributed by atoms with Crippen molar-refractivity contribution >= 4 is 22.1 Å². The molecule has 130 valence electrons. The molecule has 4 rings (SSSR count). The van der Waals surface area contributed by atoms with E-state index in [4.69, 9.17) is 9.47 Å². The first-order chi connectivity index (χ1) is 10.7. The van der Waals surface area contributed by atoms with E-state index in [0.717, 1.165) is 12.8 Å². The van der Waals surface area contributed by atoms with Gasteiger partial charge >= 0.3 is 27.5 Å². The highest BCUT2D eigenvalue weighted by Crippen LogP contribution is 2.64. The van der Waals surface area contributed by atoms with Crippen LogP contribution in [0, 0.1) is 23.2 Å². The molecular weight excluding hydrogens is 324 g/mol. The first-order valence-electron chi connectivity index (χ1n) is 8.09. The maximum Gasteiger partial charge on any atom is 0.366 e. The fraction of sp³-hybridized carbons (Fsp3) is 0.867. The molecule has 4 bridgehead atoms. The largest absolute Gasteiger partial charge is 0.462 e. The molecule has 4 fully saturated rings. The fourth-order valence-corrected chi connectivity index (χ4v) is 5.30. The Kier molecular flexibility index (Phi) is 4.16. The van der Waals surface area contributed by atoms with Crippen molar-refractivity contribution in [3.8, 4) is 0 Å². The summed E-state index contributed by atoms with van der Waals surface area (Å²) in [6, 6.07) is 0. The van der Waals surface area contributed by atoms with E-state index >= 15 is 0 Å². The molecular formula is C15H22O7S. The van der Waals surface area contributed by atoms with E-state index in [-0.39, 0.29) is 6.61 Å². The lowest BCUT2D eigenvalue weighted by atomic mass is 9.69. The minimum atomic E-state index is -4.87. The Morgan fingerprint density at radius 2 is 1.83 bits per heavy atom. The van der Waals surface area contributed by atoms with Crippen LogP contribution in [0.3, 0.4) is 0 Å². The third-order valence-corrected chi connectivity index (χ3v) is 6.31. The average molecular weight is 346 g/mol. The zero-order chi connectivity index (χ0) is 16.8. The molecule has 0 saturated heterocycles. The zero-order valence-electron chi connectivity index (χ0n) is 13.1. The monoisotopic (exact) mass is 346 g/mol. The molecule has 8 heteroatoms. The lowest BCUT2D eigenvalue weighted by Crippen LogP contribution is -2.43. The summed E-state index contributed by atoms with van der Waals surface area (Å²) in [5, 5.41) is 0. The van der Waals surface area contributed by atoms with Gasteiger partial charge in [-0.15, -0.1) is 0 Å². The van der Waals surface area contributed by atoms with E-state index < -0.39 is 32.9 Å². The molecule has 4 aliphatic rings. The van der Waals surface area contributed by atoms with E-state index in [2.05, 4.69) is 0 Å². The number of carbonyl (C=O) groups excluding carboxylic acids is 2. The summed E-state index contributed by atoms with van der Waals surface area (Å²) in [4.78, 5) is 24.4. The summed E-state index contributed by atoms with van der Waals surface area (Å²) in [6.07, 6.45) is 4.80.